The number of hydrogen-bond donors (Lipinski definition) is 2. The largest absolute Gasteiger partial charge is 0.383 e. The number of aromatic nitrogens is 2. The summed E-state index contributed by atoms with van der Waals surface area (Å²) in [5, 5.41) is 16.2. The summed E-state index contributed by atoms with van der Waals surface area (Å²) in [6.45, 7) is 3.56. The Morgan fingerprint density at radius 2 is 2.05 bits per heavy atom. The average molecular weight is 562 g/mol. The first-order valence-corrected chi connectivity index (χ1v) is 15.2. The van der Waals surface area contributed by atoms with Crippen molar-refractivity contribution in [2.24, 2.45) is 0 Å². The lowest BCUT2D eigenvalue weighted by molar-refractivity contribution is 0.150. The van der Waals surface area contributed by atoms with Crippen molar-refractivity contribution in [1.82, 2.24) is 19.2 Å². The normalized spacial score (nSPS) is 20.4. The molecule has 10 nitrogen and oxygen atoms in total. The fraction of sp³-hybridized carbons (Fsp3) is 0.577. The molecule has 1 aromatic heterocycles. The predicted molar refractivity (Wildman–Crippen MR) is 149 cm³/mol. The van der Waals surface area contributed by atoms with Crippen LogP contribution in [0.5, 0.6) is 0 Å². The zero-order valence-corrected chi connectivity index (χ0v) is 23.6. The summed E-state index contributed by atoms with van der Waals surface area (Å²) in [5.74, 6) is 0.936. The van der Waals surface area contributed by atoms with E-state index in [0.717, 1.165) is 70.3 Å². The van der Waals surface area contributed by atoms with Crippen molar-refractivity contribution in [3.8, 4) is 6.07 Å². The molecule has 1 aliphatic carbocycles. The van der Waals surface area contributed by atoms with Crippen molar-refractivity contribution in [3.05, 3.63) is 40.5 Å². The monoisotopic (exact) mass is 561 g/mol. The van der Waals surface area contributed by atoms with Gasteiger partial charge in [-0.1, -0.05) is 17.7 Å². The highest BCUT2D eigenvalue weighted by Crippen LogP contribution is 2.30. The third kappa shape index (κ3) is 7.55. The molecule has 4 rings (SSSR count). The molecule has 1 aliphatic heterocycles. The van der Waals surface area contributed by atoms with Gasteiger partial charge in [-0.15, -0.1) is 0 Å². The summed E-state index contributed by atoms with van der Waals surface area (Å²) in [4.78, 5) is 11.4. The Morgan fingerprint density at radius 1 is 1.26 bits per heavy atom. The van der Waals surface area contributed by atoms with Crippen LogP contribution in [-0.2, 0) is 27.6 Å². The van der Waals surface area contributed by atoms with Crippen molar-refractivity contribution < 1.29 is 13.2 Å². The van der Waals surface area contributed by atoms with Crippen LogP contribution in [-0.4, -0.2) is 85.8 Å². The van der Waals surface area contributed by atoms with Gasteiger partial charge in [-0.2, -0.15) is 14.6 Å². The fourth-order valence-electron chi connectivity index (χ4n) is 5.29. The predicted octanol–water partition coefficient (Wildman–Crippen LogP) is 3.43. The van der Waals surface area contributed by atoms with Crippen LogP contribution in [0.15, 0.2) is 24.4 Å². The zero-order valence-electron chi connectivity index (χ0n) is 22.0. The molecule has 2 heterocycles. The Labute approximate surface area is 230 Å². The van der Waals surface area contributed by atoms with Crippen LogP contribution >= 0.6 is 11.6 Å². The average Bonchev–Trinajstić information content (AvgIpc) is 3.09. The van der Waals surface area contributed by atoms with Gasteiger partial charge >= 0.3 is 0 Å². The first-order chi connectivity index (χ1) is 18.3. The highest BCUT2D eigenvalue weighted by molar-refractivity contribution is 7.88. The van der Waals surface area contributed by atoms with Crippen molar-refractivity contribution in [1.29, 1.82) is 5.26 Å². The minimum atomic E-state index is -3.48. The zero-order chi connectivity index (χ0) is 27.1. The molecule has 2 aromatic rings. The van der Waals surface area contributed by atoms with E-state index < -0.39 is 10.0 Å². The smallest absolute Gasteiger partial charge is 0.229 e. The molecular formula is C26H36ClN7O3S. The molecule has 0 amide bonds. The second-order valence-electron chi connectivity index (χ2n) is 9.96. The lowest BCUT2D eigenvalue weighted by Crippen LogP contribution is -2.45. The van der Waals surface area contributed by atoms with E-state index in [1.54, 1.807) is 13.3 Å². The second-order valence-corrected chi connectivity index (χ2v) is 12.3. The maximum atomic E-state index is 12.2. The molecule has 2 atom stereocenters. The van der Waals surface area contributed by atoms with Crippen LogP contribution in [0.2, 0.25) is 5.02 Å². The molecule has 0 bridgehead atoms. The number of ether oxygens (including phenoxy) is 1. The summed E-state index contributed by atoms with van der Waals surface area (Å²) in [6.07, 6.45) is 7.70. The Balaban J connectivity index is 1.42. The van der Waals surface area contributed by atoms with Crippen molar-refractivity contribution in [2.75, 3.05) is 56.8 Å². The van der Waals surface area contributed by atoms with Crippen molar-refractivity contribution in [2.45, 2.75) is 50.6 Å². The number of halogens is 1. The number of nitrogens with one attached hydrogen (secondary N) is 2. The highest BCUT2D eigenvalue weighted by atomic mass is 35.5. The molecule has 206 valence electrons. The van der Waals surface area contributed by atoms with Gasteiger partial charge in [0.1, 0.15) is 11.6 Å². The molecule has 12 heteroatoms. The minimum Gasteiger partial charge on any atom is -0.383 e. The van der Waals surface area contributed by atoms with Crippen molar-refractivity contribution in [3.63, 3.8) is 0 Å². The summed E-state index contributed by atoms with van der Waals surface area (Å²) in [6, 6.07) is 8.11. The van der Waals surface area contributed by atoms with E-state index in [1.165, 1.54) is 15.4 Å². The number of rotatable bonds is 10. The van der Waals surface area contributed by atoms with Gasteiger partial charge < -0.3 is 20.3 Å². The van der Waals surface area contributed by atoms with Gasteiger partial charge in [-0.05, 0) is 61.8 Å². The molecule has 0 unspecified atom stereocenters. The quantitative estimate of drug-likeness (QED) is 0.420. The van der Waals surface area contributed by atoms with Gasteiger partial charge in [0.25, 0.3) is 0 Å². The van der Waals surface area contributed by atoms with Gasteiger partial charge in [0.2, 0.25) is 16.0 Å². The van der Waals surface area contributed by atoms with Crippen molar-refractivity contribution >= 4 is 39.1 Å². The molecule has 1 saturated carbocycles. The van der Waals surface area contributed by atoms with E-state index in [9.17, 15) is 8.42 Å². The third-order valence-electron chi connectivity index (χ3n) is 7.26. The standard InChI is InChI=1S/C26H36ClN7O3S/c1-37-15-14-33-11-8-19-6-7-22(16-20(19)9-12-33)31-26-29-18-24(27)25(32-26)30-21-4-3-5-23(17-21)34(13-10-28)38(2,35)36/h6-7,16,18,21,23H,3-5,8-9,11-15,17H2,1-2H3,(H2,29,30,31,32)/t21-,23+/m1/s1. The first kappa shape index (κ1) is 28.5. The van der Waals surface area contributed by atoms with Crippen LogP contribution in [0.25, 0.3) is 0 Å². The number of fused-ring (bicyclic) bond motifs is 1. The van der Waals surface area contributed by atoms with Gasteiger partial charge in [0, 0.05) is 44.5 Å². The van der Waals surface area contributed by atoms with Crippen LogP contribution < -0.4 is 10.6 Å². The number of methoxy groups -OCH3 is 1. The Hall–Kier alpha value is -2.49. The lowest BCUT2D eigenvalue weighted by atomic mass is 9.91. The molecule has 2 aliphatic rings. The number of sulfonamides is 1. The first-order valence-electron chi connectivity index (χ1n) is 13.0. The summed E-state index contributed by atoms with van der Waals surface area (Å²) in [5.41, 5.74) is 3.60. The Morgan fingerprint density at radius 3 is 2.79 bits per heavy atom. The van der Waals surface area contributed by atoms with E-state index in [-0.39, 0.29) is 18.6 Å². The fourth-order valence-corrected chi connectivity index (χ4v) is 6.46. The molecule has 0 spiro atoms. The Kier molecular flexibility index (Phi) is 9.79. The maximum Gasteiger partial charge on any atom is 0.229 e. The van der Waals surface area contributed by atoms with E-state index in [0.29, 0.717) is 23.2 Å². The van der Waals surface area contributed by atoms with Crippen LogP contribution in [0.4, 0.5) is 17.5 Å². The van der Waals surface area contributed by atoms with Gasteiger partial charge in [0.05, 0.1) is 25.1 Å². The van der Waals surface area contributed by atoms with Gasteiger partial charge in [-0.25, -0.2) is 13.4 Å². The molecule has 1 fully saturated rings. The summed E-state index contributed by atoms with van der Waals surface area (Å²) < 4.78 is 31.0. The number of benzene rings is 1. The SMILES string of the molecule is COCCN1CCc2ccc(Nc3ncc(Cl)c(N[C@@H]4CCC[C@H](N(CC#N)S(C)(=O)=O)C4)n3)cc2CC1. The number of anilines is 3. The topological polar surface area (TPSA) is 123 Å². The second kappa shape index (κ2) is 13.0. The number of nitriles is 1. The molecular weight excluding hydrogens is 526 g/mol. The van der Waals surface area contributed by atoms with E-state index in [1.807, 2.05) is 6.07 Å². The van der Waals surface area contributed by atoms with E-state index in [2.05, 4.69) is 43.7 Å². The summed E-state index contributed by atoms with van der Waals surface area (Å²) >= 11 is 6.42. The molecule has 1 aromatic carbocycles. The Bertz CT molecular complexity index is 1250. The molecule has 2 N–H and O–H groups in total. The lowest BCUT2D eigenvalue weighted by Gasteiger charge is -2.35. The highest BCUT2D eigenvalue weighted by Gasteiger charge is 2.32. The van der Waals surface area contributed by atoms with Gasteiger partial charge in [0.15, 0.2) is 5.82 Å². The van der Waals surface area contributed by atoms with Gasteiger partial charge in [-0.3, -0.25) is 0 Å². The van der Waals surface area contributed by atoms with Crippen LogP contribution in [0, 0.1) is 11.3 Å². The van der Waals surface area contributed by atoms with E-state index in [4.69, 9.17) is 21.6 Å². The maximum absolute atomic E-state index is 12.2. The van der Waals surface area contributed by atoms with E-state index >= 15 is 0 Å². The molecule has 38 heavy (non-hydrogen) atoms. The molecule has 0 radical (unpaired) electrons. The van der Waals surface area contributed by atoms with Crippen LogP contribution in [0.3, 0.4) is 0 Å². The third-order valence-corrected chi connectivity index (χ3v) is 8.82. The minimum absolute atomic E-state index is 0.0227. The molecule has 0 saturated heterocycles. The summed E-state index contributed by atoms with van der Waals surface area (Å²) in [7, 11) is -1.74. The number of nitrogens with zero attached hydrogens (tertiary/aromatic N) is 5. The number of hydrogen-bond acceptors (Lipinski definition) is 9. The van der Waals surface area contributed by atoms with Crippen LogP contribution in [0.1, 0.15) is 36.8 Å².